The smallest absolute Gasteiger partial charge is 0.159 e. The maximum atomic E-state index is 12.6. The van der Waals surface area contributed by atoms with Crippen molar-refractivity contribution in [2.45, 2.75) is 84.8 Å². The molecule has 3 aliphatic rings. The molecule has 2 aliphatic carbocycles. The summed E-state index contributed by atoms with van der Waals surface area (Å²) in [5, 5.41) is 0. The molecule has 0 aromatic heterocycles. The van der Waals surface area contributed by atoms with Crippen LogP contribution < -0.4 is 0 Å². The van der Waals surface area contributed by atoms with E-state index in [-0.39, 0.29) is 11.0 Å². The van der Waals surface area contributed by atoms with Gasteiger partial charge in [-0.05, 0) is 76.7 Å². The minimum absolute atomic E-state index is 0.0594. The van der Waals surface area contributed by atoms with Crippen LogP contribution in [-0.4, -0.2) is 17.5 Å². The standard InChI is InChI=1S/C20H30O2/c1-13(2)18-15-9-11-20(5)17(22-20)7-6-14(3)8-10-19(15,4)12-16(18)21/h8,15,17H,6-7,9-12H2,1-5H3/b14-8+/t15-,17-,19-,20-/m1/s1. The van der Waals surface area contributed by atoms with Crippen molar-refractivity contribution in [1.29, 1.82) is 0 Å². The van der Waals surface area contributed by atoms with E-state index in [0.29, 0.717) is 24.2 Å². The zero-order valence-electron chi connectivity index (χ0n) is 14.8. The Balaban J connectivity index is 1.95. The molecular weight excluding hydrogens is 272 g/mol. The average molecular weight is 302 g/mol. The van der Waals surface area contributed by atoms with Crippen molar-refractivity contribution in [2.24, 2.45) is 11.3 Å². The molecule has 122 valence electrons. The Morgan fingerprint density at radius 2 is 2.00 bits per heavy atom. The van der Waals surface area contributed by atoms with Crippen molar-refractivity contribution in [3.05, 3.63) is 22.8 Å². The van der Waals surface area contributed by atoms with Gasteiger partial charge in [-0.3, -0.25) is 4.79 Å². The first-order chi connectivity index (χ1) is 10.3. The van der Waals surface area contributed by atoms with Crippen molar-refractivity contribution in [3.8, 4) is 0 Å². The van der Waals surface area contributed by atoms with Gasteiger partial charge in [0, 0.05) is 6.42 Å². The van der Waals surface area contributed by atoms with Crippen LogP contribution in [0.5, 0.6) is 0 Å². The first kappa shape index (κ1) is 16.0. The van der Waals surface area contributed by atoms with Gasteiger partial charge >= 0.3 is 0 Å². The van der Waals surface area contributed by atoms with Crippen LogP contribution in [0.3, 0.4) is 0 Å². The van der Waals surface area contributed by atoms with E-state index in [1.54, 1.807) is 0 Å². The first-order valence-electron chi connectivity index (χ1n) is 8.79. The largest absolute Gasteiger partial charge is 0.366 e. The molecule has 2 heteroatoms. The van der Waals surface area contributed by atoms with Gasteiger partial charge < -0.3 is 4.74 Å². The lowest BCUT2D eigenvalue weighted by molar-refractivity contribution is -0.115. The van der Waals surface area contributed by atoms with E-state index in [4.69, 9.17) is 4.74 Å². The van der Waals surface area contributed by atoms with E-state index < -0.39 is 0 Å². The Labute approximate surface area is 135 Å². The number of carbonyl (C=O) groups excluding carboxylic acids is 1. The van der Waals surface area contributed by atoms with Gasteiger partial charge in [0.05, 0.1) is 11.7 Å². The van der Waals surface area contributed by atoms with Crippen LogP contribution >= 0.6 is 0 Å². The molecule has 0 radical (unpaired) electrons. The molecule has 0 bridgehead atoms. The van der Waals surface area contributed by atoms with Gasteiger partial charge in [-0.1, -0.05) is 24.1 Å². The number of carbonyl (C=O) groups is 1. The average Bonchev–Trinajstić information content (AvgIpc) is 2.99. The van der Waals surface area contributed by atoms with Crippen molar-refractivity contribution in [1.82, 2.24) is 0 Å². The highest BCUT2D eigenvalue weighted by atomic mass is 16.6. The number of hydrogen-bond acceptors (Lipinski definition) is 2. The zero-order chi connectivity index (χ0) is 16.1. The van der Waals surface area contributed by atoms with Crippen molar-refractivity contribution < 1.29 is 9.53 Å². The minimum Gasteiger partial charge on any atom is -0.366 e. The lowest BCUT2D eigenvalue weighted by atomic mass is 9.72. The Morgan fingerprint density at radius 1 is 1.27 bits per heavy atom. The number of ether oxygens (including phenoxy) is 1. The lowest BCUT2D eigenvalue weighted by Crippen LogP contribution is -2.24. The van der Waals surface area contributed by atoms with Crippen LogP contribution in [0.25, 0.3) is 0 Å². The molecule has 0 unspecified atom stereocenters. The third-order valence-corrected chi connectivity index (χ3v) is 6.28. The zero-order valence-corrected chi connectivity index (χ0v) is 14.8. The Hall–Kier alpha value is -0.890. The van der Waals surface area contributed by atoms with Crippen LogP contribution in [0, 0.1) is 11.3 Å². The van der Waals surface area contributed by atoms with Crippen molar-refractivity contribution in [3.63, 3.8) is 0 Å². The number of hydrogen-bond donors (Lipinski definition) is 0. The van der Waals surface area contributed by atoms with E-state index >= 15 is 0 Å². The molecule has 4 atom stereocenters. The summed E-state index contributed by atoms with van der Waals surface area (Å²) in [7, 11) is 0. The fourth-order valence-corrected chi connectivity index (χ4v) is 4.64. The van der Waals surface area contributed by atoms with Gasteiger partial charge in [-0.2, -0.15) is 0 Å². The molecule has 1 saturated carbocycles. The molecule has 1 saturated heterocycles. The summed E-state index contributed by atoms with van der Waals surface area (Å²) < 4.78 is 6.00. The minimum atomic E-state index is 0.0594. The van der Waals surface area contributed by atoms with Gasteiger partial charge in [0.25, 0.3) is 0 Å². The predicted molar refractivity (Wildman–Crippen MR) is 89.7 cm³/mol. The summed E-state index contributed by atoms with van der Waals surface area (Å²) in [6.45, 7) is 11.0. The van der Waals surface area contributed by atoms with Crippen LogP contribution in [-0.2, 0) is 9.53 Å². The number of Topliss-reactive ketones (excluding diaryl/α,β-unsaturated/α-hetero) is 1. The third-order valence-electron chi connectivity index (χ3n) is 6.28. The number of ketones is 1. The topological polar surface area (TPSA) is 29.6 Å². The number of fused-ring (bicyclic) bond motifs is 2. The van der Waals surface area contributed by atoms with Gasteiger partial charge in [-0.15, -0.1) is 0 Å². The van der Waals surface area contributed by atoms with E-state index in [9.17, 15) is 4.79 Å². The summed E-state index contributed by atoms with van der Waals surface area (Å²) in [5.41, 5.74) is 3.94. The van der Waals surface area contributed by atoms with E-state index in [0.717, 1.165) is 37.7 Å². The fraction of sp³-hybridized carbons (Fsp3) is 0.750. The summed E-state index contributed by atoms with van der Waals surface area (Å²) >= 11 is 0. The highest BCUT2D eigenvalue weighted by Crippen LogP contribution is 2.53. The Morgan fingerprint density at radius 3 is 2.68 bits per heavy atom. The van der Waals surface area contributed by atoms with Gasteiger partial charge in [0.15, 0.2) is 5.78 Å². The molecule has 1 heterocycles. The summed E-state index contributed by atoms with van der Waals surface area (Å²) in [5.74, 6) is 0.780. The molecule has 0 N–H and O–H groups in total. The molecule has 0 aromatic rings. The second-order valence-corrected chi connectivity index (χ2v) is 8.47. The van der Waals surface area contributed by atoms with Gasteiger partial charge in [0.2, 0.25) is 0 Å². The van der Waals surface area contributed by atoms with E-state index in [1.165, 1.54) is 11.1 Å². The van der Waals surface area contributed by atoms with E-state index in [1.807, 2.05) is 0 Å². The molecule has 0 aromatic carbocycles. The molecule has 22 heavy (non-hydrogen) atoms. The van der Waals surface area contributed by atoms with Gasteiger partial charge in [-0.25, -0.2) is 0 Å². The lowest BCUT2D eigenvalue weighted by Gasteiger charge is -2.31. The van der Waals surface area contributed by atoms with Crippen LogP contribution in [0.1, 0.15) is 73.1 Å². The molecule has 2 nitrogen and oxygen atoms in total. The second kappa shape index (κ2) is 5.33. The Bertz CT molecular complexity index is 552. The second-order valence-electron chi connectivity index (χ2n) is 8.47. The van der Waals surface area contributed by atoms with Crippen LogP contribution in [0.4, 0.5) is 0 Å². The highest BCUT2D eigenvalue weighted by molar-refractivity contribution is 5.99. The SMILES string of the molecule is CC(C)=C1C(=O)C[C@@]2(C)C/C=C(\C)CC[C@H]3O[C@]3(C)CC[C@H]12. The number of allylic oxidation sites excluding steroid dienone is 4. The maximum absolute atomic E-state index is 12.6. The predicted octanol–water partition coefficient (Wildman–Crippen LogP) is 4.99. The Kier molecular flexibility index (Phi) is 3.87. The third kappa shape index (κ3) is 2.71. The van der Waals surface area contributed by atoms with Gasteiger partial charge in [0.1, 0.15) is 0 Å². The quantitative estimate of drug-likeness (QED) is 0.358. The summed E-state index contributed by atoms with van der Waals surface area (Å²) in [6.07, 6.45) is 9.01. The first-order valence-corrected chi connectivity index (χ1v) is 8.79. The summed E-state index contributed by atoms with van der Waals surface area (Å²) in [6, 6.07) is 0. The van der Waals surface area contributed by atoms with E-state index in [2.05, 4.69) is 40.7 Å². The molecule has 0 amide bonds. The highest BCUT2D eigenvalue weighted by Gasteiger charge is 2.53. The maximum Gasteiger partial charge on any atom is 0.159 e. The number of rotatable bonds is 0. The number of epoxide rings is 1. The molecule has 0 spiro atoms. The van der Waals surface area contributed by atoms with Crippen molar-refractivity contribution >= 4 is 5.78 Å². The molecule has 1 aliphatic heterocycles. The fourth-order valence-electron chi connectivity index (χ4n) is 4.64. The monoisotopic (exact) mass is 302 g/mol. The summed E-state index contributed by atoms with van der Waals surface area (Å²) in [4.78, 5) is 12.6. The normalized spacial score (nSPS) is 44.5. The molecule has 2 fully saturated rings. The van der Waals surface area contributed by atoms with Crippen molar-refractivity contribution in [2.75, 3.05) is 0 Å². The van der Waals surface area contributed by atoms with Crippen LogP contribution in [0.15, 0.2) is 22.8 Å². The molecule has 3 rings (SSSR count). The molecular formula is C20H30O2. The van der Waals surface area contributed by atoms with Crippen LogP contribution in [0.2, 0.25) is 0 Å².